The van der Waals surface area contributed by atoms with E-state index in [4.69, 9.17) is 4.74 Å². The zero-order valence-corrected chi connectivity index (χ0v) is 20.5. The molecule has 0 spiro atoms. The van der Waals surface area contributed by atoms with E-state index in [9.17, 15) is 9.59 Å². The third-order valence-electron chi connectivity index (χ3n) is 7.58. The zero-order chi connectivity index (χ0) is 22.6. The van der Waals surface area contributed by atoms with E-state index < -0.39 is 5.60 Å². The molecule has 6 nitrogen and oxygen atoms in total. The van der Waals surface area contributed by atoms with Crippen molar-refractivity contribution in [2.75, 3.05) is 19.6 Å². The summed E-state index contributed by atoms with van der Waals surface area (Å²) in [6, 6.07) is 1.25. The minimum atomic E-state index is -0.447. The van der Waals surface area contributed by atoms with Gasteiger partial charge in [-0.2, -0.15) is 0 Å². The van der Waals surface area contributed by atoms with E-state index in [1.54, 1.807) is 0 Å². The first-order valence-corrected chi connectivity index (χ1v) is 12.8. The highest BCUT2D eigenvalue weighted by molar-refractivity contribution is 5.78. The summed E-state index contributed by atoms with van der Waals surface area (Å²) in [5.41, 5.74) is -0.447. The molecule has 0 bridgehead atoms. The van der Waals surface area contributed by atoms with E-state index in [1.807, 2.05) is 25.7 Å². The van der Waals surface area contributed by atoms with Crippen molar-refractivity contribution < 1.29 is 14.3 Å². The van der Waals surface area contributed by atoms with Gasteiger partial charge in [-0.1, -0.05) is 20.3 Å². The smallest absolute Gasteiger partial charge is 0.410 e. The molecule has 2 aliphatic heterocycles. The number of likely N-dealkylation sites (tertiary alicyclic amines) is 2. The summed E-state index contributed by atoms with van der Waals surface area (Å²) < 4.78 is 5.70. The molecule has 3 aliphatic rings. The molecule has 0 aromatic heterocycles. The van der Waals surface area contributed by atoms with Crippen molar-refractivity contribution in [2.45, 2.75) is 116 Å². The third-order valence-corrected chi connectivity index (χ3v) is 7.58. The number of hydrogen-bond acceptors (Lipinski definition) is 4. The second-order valence-electron chi connectivity index (χ2n) is 10.9. The Kier molecular flexibility index (Phi) is 8.28. The second-order valence-corrected chi connectivity index (χ2v) is 10.9. The summed E-state index contributed by atoms with van der Waals surface area (Å²) in [5.74, 6) is 1.05. The maximum atomic E-state index is 12.8. The Hall–Kier alpha value is -1.30. The molecule has 3 rings (SSSR count). The van der Waals surface area contributed by atoms with Crippen LogP contribution in [0.1, 0.15) is 92.4 Å². The van der Waals surface area contributed by atoms with Crippen molar-refractivity contribution in [1.29, 1.82) is 0 Å². The number of carbonyl (C=O) groups excluding carboxylic acids is 2. The number of nitrogens with zero attached hydrogens (tertiary/aromatic N) is 2. The predicted octanol–water partition coefficient (Wildman–Crippen LogP) is 4.57. The number of carbonyl (C=O) groups is 2. The topological polar surface area (TPSA) is 61.9 Å². The third kappa shape index (κ3) is 6.15. The average Bonchev–Trinajstić information content (AvgIpc) is 3.37. The van der Waals surface area contributed by atoms with Crippen LogP contribution in [0.25, 0.3) is 0 Å². The standard InChI is InChI=1S/C25H45N3O3/c1-6-18(7-2)23(29)27-16-13-19(14-17-27)26-21-11-8-10-20(21)22-12-9-15-28(22)24(30)31-25(3,4)5/h18-22,26H,6-17H2,1-5H3/t20-,21+,22+/m0/s1. The first-order valence-electron chi connectivity index (χ1n) is 12.8. The summed E-state index contributed by atoms with van der Waals surface area (Å²) in [6.45, 7) is 12.6. The molecule has 0 radical (unpaired) electrons. The SMILES string of the molecule is CCC(CC)C(=O)N1CCC(N[C@@H]2CCC[C@@H]2[C@H]2CCCN2C(=O)OC(C)(C)C)CC1. The normalized spacial score (nSPS) is 27.9. The molecular formula is C25H45N3O3. The number of ether oxygens (including phenoxy) is 1. The fourth-order valence-electron chi connectivity index (χ4n) is 5.91. The van der Waals surface area contributed by atoms with Gasteiger partial charge in [-0.05, 0) is 78.1 Å². The molecule has 1 saturated carbocycles. The number of rotatable bonds is 6. The largest absolute Gasteiger partial charge is 0.444 e. The molecular weight excluding hydrogens is 390 g/mol. The van der Waals surface area contributed by atoms with Crippen LogP contribution >= 0.6 is 0 Å². The molecule has 178 valence electrons. The van der Waals surface area contributed by atoms with Crippen LogP contribution in [-0.2, 0) is 9.53 Å². The van der Waals surface area contributed by atoms with Crippen LogP contribution in [-0.4, -0.2) is 65.2 Å². The van der Waals surface area contributed by atoms with Crippen molar-refractivity contribution in [3.63, 3.8) is 0 Å². The molecule has 2 amide bonds. The van der Waals surface area contributed by atoms with Crippen molar-refractivity contribution in [1.82, 2.24) is 15.1 Å². The van der Waals surface area contributed by atoms with E-state index >= 15 is 0 Å². The molecule has 2 heterocycles. The van der Waals surface area contributed by atoms with E-state index in [2.05, 4.69) is 24.1 Å². The van der Waals surface area contributed by atoms with E-state index in [0.717, 1.165) is 58.2 Å². The fourth-order valence-corrected chi connectivity index (χ4v) is 5.91. The maximum Gasteiger partial charge on any atom is 0.410 e. The number of nitrogens with one attached hydrogen (secondary N) is 1. The van der Waals surface area contributed by atoms with Gasteiger partial charge < -0.3 is 19.9 Å². The predicted molar refractivity (Wildman–Crippen MR) is 124 cm³/mol. The highest BCUT2D eigenvalue weighted by atomic mass is 16.6. The quantitative estimate of drug-likeness (QED) is 0.664. The molecule has 0 aromatic carbocycles. The molecule has 3 fully saturated rings. The van der Waals surface area contributed by atoms with Crippen molar-refractivity contribution in [3.05, 3.63) is 0 Å². The van der Waals surface area contributed by atoms with Crippen LogP contribution in [0, 0.1) is 11.8 Å². The Bertz CT molecular complexity index is 606. The summed E-state index contributed by atoms with van der Waals surface area (Å²) >= 11 is 0. The highest BCUT2D eigenvalue weighted by Crippen LogP contribution is 2.37. The average molecular weight is 436 g/mol. The zero-order valence-electron chi connectivity index (χ0n) is 20.5. The Morgan fingerprint density at radius 1 is 0.968 bits per heavy atom. The molecule has 6 heteroatoms. The number of hydrogen-bond donors (Lipinski definition) is 1. The summed E-state index contributed by atoms with van der Waals surface area (Å²) in [4.78, 5) is 29.6. The van der Waals surface area contributed by atoms with Crippen LogP contribution in [0.4, 0.5) is 4.79 Å². The first kappa shape index (κ1) is 24.3. The fraction of sp³-hybridized carbons (Fsp3) is 0.920. The van der Waals surface area contributed by atoms with Gasteiger partial charge in [-0.25, -0.2) is 4.79 Å². The van der Waals surface area contributed by atoms with E-state index in [-0.39, 0.29) is 12.0 Å². The van der Waals surface area contributed by atoms with Crippen LogP contribution in [0.5, 0.6) is 0 Å². The minimum absolute atomic E-state index is 0.145. The Labute approximate surface area is 189 Å². The Balaban J connectivity index is 1.53. The lowest BCUT2D eigenvalue weighted by Gasteiger charge is -2.38. The van der Waals surface area contributed by atoms with Crippen LogP contribution < -0.4 is 5.32 Å². The molecule has 0 aromatic rings. The molecule has 1 N–H and O–H groups in total. The molecule has 1 aliphatic carbocycles. The van der Waals surface area contributed by atoms with Gasteiger partial charge in [0.05, 0.1) is 0 Å². The van der Waals surface area contributed by atoms with E-state index in [0.29, 0.717) is 30.0 Å². The van der Waals surface area contributed by atoms with Gasteiger partial charge >= 0.3 is 6.09 Å². The van der Waals surface area contributed by atoms with Gasteiger partial charge in [-0.15, -0.1) is 0 Å². The minimum Gasteiger partial charge on any atom is -0.444 e. The highest BCUT2D eigenvalue weighted by Gasteiger charge is 2.42. The van der Waals surface area contributed by atoms with Crippen LogP contribution in [0.15, 0.2) is 0 Å². The van der Waals surface area contributed by atoms with Gasteiger partial charge in [0.25, 0.3) is 0 Å². The summed E-state index contributed by atoms with van der Waals surface area (Å²) in [5, 5.41) is 3.95. The second kappa shape index (κ2) is 10.5. The van der Waals surface area contributed by atoms with E-state index in [1.165, 1.54) is 19.3 Å². The lowest BCUT2D eigenvalue weighted by Crippen LogP contribution is -2.52. The molecule has 3 atom stereocenters. The maximum absolute atomic E-state index is 12.8. The van der Waals surface area contributed by atoms with Gasteiger partial charge in [0.2, 0.25) is 5.91 Å². The van der Waals surface area contributed by atoms with Crippen LogP contribution in [0.2, 0.25) is 0 Å². The van der Waals surface area contributed by atoms with Gasteiger partial charge in [-0.3, -0.25) is 4.79 Å². The van der Waals surface area contributed by atoms with Crippen molar-refractivity contribution >= 4 is 12.0 Å². The van der Waals surface area contributed by atoms with Gasteiger partial charge in [0.15, 0.2) is 0 Å². The molecule has 2 saturated heterocycles. The van der Waals surface area contributed by atoms with Gasteiger partial charge in [0.1, 0.15) is 5.60 Å². The van der Waals surface area contributed by atoms with Gasteiger partial charge in [0, 0.05) is 43.7 Å². The monoisotopic (exact) mass is 435 g/mol. The summed E-state index contributed by atoms with van der Waals surface area (Å²) in [6.07, 6.45) is 9.57. The lowest BCUT2D eigenvalue weighted by molar-refractivity contribution is -0.136. The number of piperidine rings is 1. The van der Waals surface area contributed by atoms with Crippen molar-refractivity contribution in [2.24, 2.45) is 11.8 Å². The first-order chi connectivity index (χ1) is 14.7. The Morgan fingerprint density at radius 3 is 2.26 bits per heavy atom. The Morgan fingerprint density at radius 2 is 1.65 bits per heavy atom. The molecule has 0 unspecified atom stereocenters. The molecule has 31 heavy (non-hydrogen) atoms. The number of amides is 2. The van der Waals surface area contributed by atoms with Crippen molar-refractivity contribution in [3.8, 4) is 0 Å². The lowest BCUT2D eigenvalue weighted by atomic mass is 9.91. The van der Waals surface area contributed by atoms with Crippen LogP contribution in [0.3, 0.4) is 0 Å². The summed E-state index contributed by atoms with van der Waals surface area (Å²) in [7, 11) is 0.